The van der Waals surface area contributed by atoms with Gasteiger partial charge in [-0.25, -0.2) is 13.8 Å². The van der Waals surface area contributed by atoms with E-state index in [2.05, 4.69) is 39.7 Å². The molecule has 0 amide bonds. The van der Waals surface area contributed by atoms with Gasteiger partial charge >= 0.3 is 0 Å². The number of hydrogen-bond acceptors (Lipinski definition) is 4. The van der Waals surface area contributed by atoms with Crippen molar-refractivity contribution in [2.75, 3.05) is 6.61 Å². The predicted molar refractivity (Wildman–Crippen MR) is 97.3 cm³/mol. The van der Waals surface area contributed by atoms with Gasteiger partial charge < -0.3 is 14.7 Å². The van der Waals surface area contributed by atoms with Crippen molar-refractivity contribution >= 4 is 21.8 Å². The van der Waals surface area contributed by atoms with Crippen molar-refractivity contribution in [3.63, 3.8) is 0 Å². The summed E-state index contributed by atoms with van der Waals surface area (Å²) in [4.78, 5) is 6.74. The fourth-order valence-electron chi connectivity index (χ4n) is 2.57. The first-order valence-corrected chi connectivity index (χ1v) is 9.12. The maximum absolute atomic E-state index is 13.7. The van der Waals surface area contributed by atoms with E-state index in [4.69, 9.17) is 9.84 Å². The Morgan fingerprint density at radius 3 is 2.72 bits per heavy atom. The second-order valence-corrected chi connectivity index (χ2v) is 7.03. The summed E-state index contributed by atoms with van der Waals surface area (Å²) >= 11 is 3.45. The molecule has 0 aliphatic carbocycles. The van der Waals surface area contributed by atoms with Crippen LogP contribution in [0.25, 0.3) is 0 Å². The third kappa shape index (κ3) is 5.51. The minimum atomic E-state index is -0.639. The van der Waals surface area contributed by atoms with Crippen molar-refractivity contribution in [1.29, 1.82) is 0 Å². The normalized spacial score (nSPS) is 17.6. The molecular weight excluding hydrogens is 394 g/mol. The molecule has 1 unspecified atom stereocenters. The Kier molecular flexibility index (Phi) is 7.38. The third-order valence-electron chi connectivity index (χ3n) is 3.92. The van der Waals surface area contributed by atoms with Gasteiger partial charge in [0, 0.05) is 30.5 Å². The van der Waals surface area contributed by atoms with Gasteiger partial charge in [0.25, 0.3) is 0 Å². The lowest BCUT2D eigenvalue weighted by molar-refractivity contribution is 0.196. The van der Waals surface area contributed by atoms with E-state index >= 15 is 0 Å². The molecule has 1 aromatic carbocycles. The van der Waals surface area contributed by atoms with Crippen LogP contribution in [0.2, 0.25) is 0 Å². The van der Waals surface area contributed by atoms with Crippen molar-refractivity contribution in [3.05, 3.63) is 46.1 Å². The molecule has 2 rings (SSSR count). The number of aliphatic hydroxyl groups is 1. The lowest BCUT2D eigenvalue weighted by Gasteiger charge is -2.35. The molecule has 0 bridgehead atoms. The van der Waals surface area contributed by atoms with E-state index in [-0.39, 0.29) is 31.0 Å². The molecular formula is C18H23BrF2N2O2. The molecule has 138 valence electrons. The highest BCUT2D eigenvalue weighted by Crippen LogP contribution is 2.25. The van der Waals surface area contributed by atoms with Crippen molar-refractivity contribution < 1.29 is 18.6 Å². The fraction of sp³-hybridized carbons (Fsp3) is 0.500. The quantitative estimate of drug-likeness (QED) is 0.672. The highest BCUT2D eigenvalue weighted by Gasteiger charge is 2.25. The van der Waals surface area contributed by atoms with E-state index < -0.39 is 11.6 Å². The lowest BCUT2D eigenvalue weighted by atomic mass is 10.1. The highest BCUT2D eigenvalue weighted by molar-refractivity contribution is 9.12. The van der Waals surface area contributed by atoms with Gasteiger partial charge in [-0.1, -0.05) is 0 Å². The van der Waals surface area contributed by atoms with Crippen LogP contribution in [0.4, 0.5) is 8.78 Å². The first-order chi connectivity index (χ1) is 11.9. The van der Waals surface area contributed by atoms with Crippen LogP contribution in [0.15, 0.2) is 33.9 Å². The highest BCUT2D eigenvalue weighted by atomic mass is 79.9. The zero-order chi connectivity index (χ0) is 18.4. The molecule has 1 atom stereocenters. The summed E-state index contributed by atoms with van der Waals surface area (Å²) in [5.74, 6) is -0.858. The van der Waals surface area contributed by atoms with Gasteiger partial charge in [-0.05, 0) is 61.2 Å². The second-order valence-electron chi connectivity index (χ2n) is 6.18. The molecule has 0 radical (unpaired) electrons. The summed E-state index contributed by atoms with van der Waals surface area (Å²) in [7, 11) is 0. The number of ether oxygens (including phenoxy) is 1. The van der Waals surface area contributed by atoms with Gasteiger partial charge in [0.2, 0.25) is 5.90 Å². The van der Waals surface area contributed by atoms with Gasteiger partial charge in [-0.2, -0.15) is 0 Å². The minimum absolute atomic E-state index is 0.0288. The molecule has 1 aliphatic rings. The molecule has 0 aromatic heterocycles. The van der Waals surface area contributed by atoms with Crippen LogP contribution in [-0.2, 0) is 11.3 Å². The molecule has 1 aromatic rings. The number of nitrogens with zero attached hydrogens (tertiary/aromatic N) is 2. The molecule has 4 nitrogen and oxygen atoms in total. The van der Waals surface area contributed by atoms with Crippen molar-refractivity contribution in [2.45, 2.75) is 51.9 Å². The topological polar surface area (TPSA) is 45.1 Å². The number of hydrogen-bond donors (Lipinski definition) is 1. The summed E-state index contributed by atoms with van der Waals surface area (Å²) in [6.07, 6.45) is 4.19. The Labute approximate surface area is 155 Å². The zero-order valence-corrected chi connectivity index (χ0v) is 16.0. The van der Waals surface area contributed by atoms with Crippen molar-refractivity contribution in [3.8, 4) is 0 Å². The van der Waals surface area contributed by atoms with E-state index in [0.717, 1.165) is 25.3 Å². The van der Waals surface area contributed by atoms with E-state index in [0.29, 0.717) is 10.4 Å². The molecule has 1 N–H and O–H groups in total. The smallest absolute Gasteiger partial charge is 0.227 e. The monoisotopic (exact) mass is 416 g/mol. The van der Waals surface area contributed by atoms with Crippen LogP contribution in [0.1, 0.15) is 38.7 Å². The lowest BCUT2D eigenvalue weighted by Crippen LogP contribution is -2.39. The standard InChI is InChI=1S/C18H23BrF2N2O2/c1-12(2)23-10-15(19)18(22-17(23)5-3-4-8-24)25-11-13-6-7-14(20)9-16(13)21/h6-7,9-10,12,17,24H,3-5,8,11H2,1-2H3. The van der Waals surface area contributed by atoms with Gasteiger partial charge in [0.05, 0.1) is 4.48 Å². The van der Waals surface area contributed by atoms with Gasteiger partial charge in [0.15, 0.2) is 0 Å². The van der Waals surface area contributed by atoms with Crippen LogP contribution >= 0.6 is 15.9 Å². The first kappa shape index (κ1) is 19.8. The molecule has 0 fully saturated rings. The Bertz CT molecular complexity index is 650. The number of aliphatic imine (C=N–C) groups is 1. The molecule has 25 heavy (non-hydrogen) atoms. The summed E-state index contributed by atoms with van der Waals surface area (Å²) < 4.78 is 33.1. The van der Waals surface area contributed by atoms with E-state index in [1.165, 1.54) is 12.1 Å². The molecule has 1 heterocycles. The second kappa shape index (κ2) is 9.29. The number of benzene rings is 1. The fourth-order valence-corrected chi connectivity index (χ4v) is 3.03. The molecule has 0 saturated heterocycles. The Balaban J connectivity index is 2.09. The maximum atomic E-state index is 13.7. The molecule has 7 heteroatoms. The third-order valence-corrected chi connectivity index (χ3v) is 4.47. The van der Waals surface area contributed by atoms with E-state index in [1.807, 2.05) is 6.20 Å². The zero-order valence-electron chi connectivity index (χ0n) is 14.4. The van der Waals surface area contributed by atoms with E-state index in [1.54, 1.807) is 0 Å². The number of halogens is 3. The van der Waals surface area contributed by atoms with Crippen LogP contribution < -0.4 is 0 Å². The number of aliphatic hydroxyl groups excluding tert-OH is 1. The Morgan fingerprint density at radius 1 is 1.32 bits per heavy atom. The minimum Gasteiger partial charge on any atom is -0.472 e. The molecule has 1 aliphatic heterocycles. The first-order valence-electron chi connectivity index (χ1n) is 8.33. The summed E-state index contributed by atoms with van der Waals surface area (Å²) in [6.45, 7) is 4.28. The summed E-state index contributed by atoms with van der Waals surface area (Å²) in [5.41, 5.74) is 0.271. The number of unbranched alkanes of at least 4 members (excludes halogenated alkanes) is 1. The summed E-state index contributed by atoms with van der Waals surface area (Å²) in [5, 5.41) is 8.96. The van der Waals surface area contributed by atoms with Crippen LogP contribution in [-0.4, -0.2) is 34.7 Å². The average Bonchev–Trinajstić information content (AvgIpc) is 2.56. The van der Waals surface area contributed by atoms with Crippen LogP contribution in [0, 0.1) is 11.6 Å². The SMILES string of the molecule is CC(C)N1C=C(Br)C(OCc2ccc(F)cc2F)=NC1CCCCO. The van der Waals surface area contributed by atoms with Gasteiger partial charge in [0.1, 0.15) is 24.4 Å². The molecule has 0 spiro atoms. The average molecular weight is 417 g/mol. The van der Waals surface area contributed by atoms with Gasteiger partial charge in [-0.15, -0.1) is 0 Å². The van der Waals surface area contributed by atoms with Crippen LogP contribution in [0.3, 0.4) is 0 Å². The Hall–Kier alpha value is -1.47. The Morgan fingerprint density at radius 2 is 2.08 bits per heavy atom. The summed E-state index contributed by atoms with van der Waals surface area (Å²) in [6, 6.07) is 3.66. The predicted octanol–water partition coefficient (Wildman–Crippen LogP) is 4.33. The van der Waals surface area contributed by atoms with E-state index in [9.17, 15) is 8.78 Å². The molecule has 0 saturated carbocycles. The maximum Gasteiger partial charge on any atom is 0.227 e. The van der Waals surface area contributed by atoms with Crippen LogP contribution in [0.5, 0.6) is 0 Å². The number of rotatable bonds is 7. The van der Waals surface area contributed by atoms with Gasteiger partial charge in [-0.3, -0.25) is 0 Å². The van der Waals surface area contributed by atoms with Crippen molar-refractivity contribution in [2.24, 2.45) is 4.99 Å². The largest absolute Gasteiger partial charge is 0.472 e. The van der Waals surface area contributed by atoms with Crippen molar-refractivity contribution in [1.82, 2.24) is 4.90 Å².